The van der Waals surface area contributed by atoms with Gasteiger partial charge in [-0.3, -0.25) is 0 Å². The minimum absolute atomic E-state index is 1.05. The first-order chi connectivity index (χ1) is 16.1. The van der Waals surface area contributed by atoms with E-state index < -0.39 is 0 Å². The zero-order valence-corrected chi connectivity index (χ0v) is 20.6. The highest BCUT2D eigenvalue weighted by atomic mass is 14.1. The van der Waals surface area contributed by atoms with Crippen molar-refractivity contribution in [3.63, 3.8) is 0 Å². The van der Waals surface area contributed by atoms with Crippen molar-refractivity contribution in [1.82, 2.24) is 0 Å². The van der Waals surface area contributed by atoms with Crippen LogP contribution in [-0.2, 0) is 12.8 Å². The molecule has 0 atom stereocenters. The molecule has 0 unspecified atom stereocenters. The van der Waals surface area contributed by atoms with Crippen LogP contribution in [0.3, 0.4) is 0 Å². The summed E-state index contributed by atoms with van der Waals surface area (Å²) in [5.41, 5.74) is 7.66. The van der Waals surface area contributed by atoms with Crippen LogP contribution in [0.15, 0.2) is 111 Å². The second-order valence-corrected chi connectivity index (χ2v) is 7.76. The van der Waals surface area contributed by atoms with Crippen LogP contribution in [0.25, 0.3) is 17.7 Å². The van der Waals surface area contributed by atoms with E-state index in [9.17, 15) is 0 Å². The van der Waals surface area contributed by atoms with Crippen molar-refractivity contribution < 1.29 is 0 Å². The molecule has 0 radical (unpaired) electrons. The molecule has 33 heavy (non-hydrogen) atoms. The molecule has 0 spiro atoms. The van der Waals surface area contributed by atoms with Crippen LogP contribution in [0.1, 0.15) is 60.9 Å². The van der Waals surface area contributed by atoms with Gasteiger partial charge in [-0.25, -0.2) is 0 Å². The Balaban J connectivity index is 0.000000281. The van der Waals surface area contributed by atoms with E-state index in [1.807, 2.05) is 78.9 Å². The molecule has 3 aromatic rings. The number of allylic oxidation sites excluding steroid dienone is 2. The van der Waals surface area contributed by atoms with Crippen LogP contribution in [-0.4, -0.2) is 0 Å². The minimum atomic E-state index is 1.05. The van der Waals surface area contributed by atoms with E-state index in [0.717, 1.165) is 12.0 Å². The van der Waals surface area contributed by atoms with Gasteiger partial charge < -0.3 is 0 Å². The van der Waals surface area contributed by atoms with Gasteiger partial charge >= 0.3 is 0 Å². The summed E-state index contributed by atoms with van der Waals surface area (Å²) in [7, 11) is 0. The molecule has 3 rings (SSSR count). The quantitative estimate of drug-likeness (QED) is 0.293. The van der Waals surface area contributed by atoms with Gasteiger partial charge in [-0.15, -0.1) is 0 Å². The maximum Gasteiger partial charge on any atom is -0.0155 e. The fourth-order valence-corrected chi connectivity index (χ4v) is 3.37. The minimum Gasteiger partial charge on any atom is -0.0985 e. The fourth-order valence-electron chi connectivity index (χ4n) is 3.37. The molecule has 0 aliphatic heterocycles. The van der Waals surface area contributed by atoms with Gasteiger partial charge in [0.05, 0.1) is 0 Å². The van der Waals surface area contributed by atoms with Crippen molar-refractivity contribution in [2.45, 2.75) is 46.0 Å². The number of rotatable bonds is 9. The molecule has 0 aliphatic carbocycles. The smallest absolute Gasteiger partial charge is 0.0155 e. The Labute approximate surface area is 202 Å². The molecule has 0 aliphatic rings. The van der Waals surface area contributed by atoms with Crippen LogP contribution in [0.5, 0.6) is 0 Å². The molecular formula is C33H40. The Kier molecular flexibility index (Phi) is 14.4. The Morgan fingerprint density at radius 2 is 1.21 bits per heavy atom. The van der Waals surface area contributed by atoms with Gasteiger partial charge in [-0.2, -0.15) is 0 Å². The van der Waals surface area contributed by atoms with Crippen LogP contribution < -0.4 is 0 Å². The highest BCUT2D eigenvalue weighted by Crippen LogP contribution is 2.25. The summed E-state index contributed by atoms with van der Waals surface area (Å²) < 4.78 is 0. The lowest BCUT2D eigenvalue weighted by Gasteiger charge is -2.14. The summed E-state index contributed by atoms with van der Waals surface area (Å²) in [6.45, 7) is 19.7. The summed E-state index contributed by atoms with van der Waals surface area (Å²) in [6.07, 6.45) is 11.5. The van der Waals surface area contributed by atoms with Crippen LogP contribution >= 0.6 is 0 Å². The van der Waals surface area contributed by atoms with Crippen LogP contribution in [0, 0.1) is 0 Å². The van der Waals surface area contributed by atoms with Crippen molar-refractivity contribution in [3.8, 4) is 0 Å². The average molecular weight is 437 g/mol. The highest BCUT2D eigenvalue weighted by Gasteiger charge is 2.08. The second kappa shape index (κ2) is 17.2. The summed E-state index contributed by atoms with van der Waals surface area (Å²) in [4.78, 5) is 0. The fraction of sp³-hybridized carbons (Fsp3) is 0.212. The molecule has 0 amide bonds. The van der Waals surface area contributed by atoms with E-state index in [4.69, 9.17) is 0 Å². The lowest BCUT2D eigenvalue weighted by Crippen LogP contribution is -1.99. The first-order valence-corrected chi connectivity index (χ1v) is 11.9. The second-order valence-electron chi connectivity index (χ2n) is 7.76. The number of benzene rings is 3. The number of hydrogen-bond donors (Lipinski definition) is 0. The van der Waals surface area contributed by atoms with Crippen molar-refractivity contribution in [2.24, 2.45) is 0 Å². The topological polar surface area (TPSA) is 0 Å². The van der Waals surface area contributed by atoms with Crippen molar-refractivity contribution >= 4 is 17.7 Å². The largest absolute Gasteiger partial charge is 0.0985 e. The molecule has 0 saturated heterocycles. The summed E-state index contributed by atoms with van der Waals surface area (Å²) in [5, 5.41) is 0. The number of aryl methyl sites for hydroxylation is 1. The van der Waals surface area contributed by atoms with E-state index in [1.54, 1.807) is 0 Å². The first-order valence-electron chi connectivity index (χ1n) is 11.9. The maximum absolute atomic E-state index is 4.09. The molecule has 0 heterocycles. The standard InChI is InChI=1S/C17H24.2C8H8/c1-5-8-11-15-12-9-13-16(14(4)7-3)17(15)10-6-2;2*1-2-8-6-4-3-5-7-8/h7,9,12-13H,3-6,8,10-11H2,1-2H3;2*2-7H,1H2. The molecule has 0 nitrogen and oxygen atoms in total. The summed E-state index contributed by atoms with van der Waals surface area (Å²) in [6, 6.07) is 26.6. The Morgan fingerprint density at radius 3 is 1.61 bits per heavy atom. The monoisotopic (exact) mass is 436 g/mol. The normalized spacial score (nSPS) is 9.39. The van der Waals surface area contributed by atoms with Gasteiger partial charge in [0.1, 0.15) is 0 Å². The Morgan fingerprint density at radius 1 is 0.667 bits per heavy atom. The molecule has 3 aromatic carbocycles. The van der Waals surface area contributed by atoms with E-state index in [2.05, 4.69) is 58.4 Å². The van der Waals surface area contributed by atoms with E-state index in [1.165, 1.54) is 53.5 Å². The van der Waals surface area contributed by atoms with Crippen molar-refractivity contribution in [1.29, 1.82) is 0 Å². The summed E-state index contributed by atoms with van der Waals surface area (Å²) in [5.74, 6) is 0. The molecule has 0 N–H and O–H groups in total. The third-order valence-electron chi connectivity index (χ3n) is 5.24. The van der Waals surface area contributed by atoms with Crippen LogP contribution in [0.2, 0.25) is 0 Å². The van der Waals surface area contributed by atoms with Crippen molar-refractivity contribution in [2.75, 3.05) is 0 Å². The molecule has 0 heteroatoms. The van der Waals surface area contributed by atoms with Gasteiger partial charge in [-0.05, 0) is 52.7 Å². The number of unbranched alkanes of at least 4 members (excludes halogenated alkanes) is 1. The first kappa shape index (κ1) is 27.7. The lowest BCUT2D eigenvalue weighted by molar-refractivity contribution is 0.779. The van der Waals surface area contributed by atoms with Gasteiger partial charge in [0, 0.05) is 0 Å². The van der Waals surface area contributed by atoms with Gasteiger partial charge in [0.15, 0.2) is 0 Å². The third-order valence-corrected chi connectivity index (χ3v) is 5.24. The maximum atomic E-state index is 4.09. The molecule has 0 saturated carbocycles. The SMILES string of the molecule is C=CC(=C)c1cccc(CCCC)c1CCC.C=Cc1ccccc1.C=Cc1ccccc1. The summed E-state index contributed by atoms with van der Waals surface area (Å²) >= 11 is 0. The van der Waals surface area contributed by atoms with E-state index in [0.29, 0.717) is 0 Å². The zero-order chi connectivity index (χ0) is 24.3. The zero-order valence-electron chi connectivity index (χ0n) is 20.6. The molecule has 0 fully saturated rings. The Bertz CT molecular complexity index is 918. The van der Waals surface area contributed by atoms with Gasteiger partial charge in [0.25, 0.3) is 0 Å². The lowest BCUT2D eigenvalue weighted by atomic mass is 9.91. The average Bonchev–Trinajstić information content (AvgIpc) is 2.89. The van der Waals surface area contributed by atoms with E-state index >= 15 is 0 Å². The third kappa shape index (κ3) is 10.7. The number of hydrogen-bond acceptors (Lipinski definition) is 0. The Hall–Kier alpha value is -3.38. The van der Waals surface area contributed by atoms with E-state index in [-0.39, 0.29) is 0 Å². The highest BCUT2D eigenvalue weighted by molar-refractivity contribution is 5.74. The predicted octanol–water partition coefficient (Wildman–Crippen LogP) is 9.84. The van der Waals surface area contributed by atoms with Gasteiger partial charge in [0.2, 0.25) is 0 Å². The van der Waals surface area contributed by atoms with Crippen LogP contribution in [0.4, 0.5) is 0 Å². The predicted molar refractivity (Wildman–Crippen MR) is 151 cm³/mol. The van der Waals surface area contributed by atoms with Crippen molar-refractivity contribution in [3.05, 3.63) is 139 Å². The molecule has 0 bridgehead atoms. The molecule has 172 valence electrons. The molecule has 0 aromatic heterocycles. The van der Waals surface area contributed by atoms with Gasteiger partial charge in [-0.1, -0.05) is 150 Å². The molecular weight excluding hydrogens is 396 g/mol.